The Hall–Kier alpha value is -1.49. The Balaban J connectivity index is 2.56. The maximum atomic E-state index is 12.7. The Morgan fingerprint density at radius 1 is 1.28 bits per heavy atom. The average molecular weight is 258 g/mol. The van der Waals surface area contributed by atoms with Crippen molar-refractivity contribution in [2.24, 2.45) is 0 Å². The second-order valence-corrected chi connectivity index (χ2v) is 4.67. The summed E-state index contributed by atoms with van der Waals surface area (Å²) in [6.45, 7) is 3.41. The number of phenols is 1. The molecule has 0 bridgehead atoms. The van der Waals surface area contributed by atoms with Crippen molar-refractivity contribution in [3.05, 3.63) is 34.4 Å². The van der Waals surface area contributed by atoms with Gasteiger partial charge in [-0.2, -0.15) is 13.2 Å². The second kappa shape index (κ2) is 3.75. The summed E-state index contributed by atoms with van der Waals surface area (Å²) in [6.07, 6.45) is -3.47. The molecule has 0 heterocycles. The number of hydrogen-bond acceptors (Lipinski definition) is 2. The molecule has 1 aliphatic carbocycles. The van der Waals surface area contributed by atoms with Crippen LogP contribution in [0.4, 0.5) is 13.2 Å². The van der Waals surface area contributed by atoms with Crippen LogP contribution in [0, 0.1) is 13.8 Å². The number of halogens is 3. The number of rotatable bonds is 0. The van der Waals surface area contributed by atoms with Gasteiger partial charge in [0.2, 0.25) is 0 Å². The van der Waals surface area contributed by atoms with E-state index in [9.17, 15) is 23.4 Å². The third-order valence-electron chi connectivity index (χ3n) is 3.42. The summed E-state index contributed by atoms with van der Waals surface area (Å²) in [5, 5.41) is 19.5. The molecule has 2 rings (SSSR count). The number of aryl methyl sites for hydroxylation is 1. The minimum atomic E-state index is -4.73. The Bertz CT molecular complexity index is 532. The predicted molar refractivity (Wildman–Crippen MR) is 61.3 cm³/mol. The summed E-state index contributed by atoms with van der Waals surface area (Å²) >= 11 is 0. The average Bonchev–Trinajstić information content (AvgIpc) is 2.24. The summed E-state index contributed by atoms with van der Waals surface area (Å²) in [7, 11) is 0. The van der Waals surface area contributed by atoms with Crippen molar-refractivity contribution in [2.45, 2.75) is 32.0 Å². The summed E-state index contributed by atoms with van der Waals surface area (Å²) < 4.78 is 38.2. The van der Waals surface area contributed by atoms with E-state index in [4.69, 9.17) is 0 Å². The zero-order valence-electron chi connectivity index (χ0n) is 9.97. The topological polar surface area (TPSA) is 40.5 Å². The summed E-state index contributed by atoms with van der Waals surface area (Å²) in [5.74, 6) is -0.0227. The maximum Gasteiger partial charge on any atom is 0.421 e. The molecule has 18 heavy (non-hydrogen) atoms. The van der Waals surface area contributed by atoms with E-state index >= 15 is 0 Å². The van der Waals surface area contributed by atoms with Gasteiger partial charge in [0, 0.05) is 12.0 Å². The fourth-order valence-electron chi connectivity index (χ4n) is 2.09. The van der Waals surface area contributed by atoms with Gasteiger partial charge in [-0.3, -0.25) is 0 Å². The molecule has 0 spiro atoms. The highest BCUT2D eigenvalue weighted by Gasteiger charge is 2.53. The van der Waals surface area contributed by atoms with Gasteiger partial charge in [-0.25, -0.2) is 0 Å². The molecule has 0 saturated carbocycles. The maximum absolute atomic E-state index is 12.7. The van der Waals surface area contributed by atoms with Crippen LogP contribution in [0.5, 0.6) is 5.75 Å². The SMILES string of the molecule is Cc1cc2c(c(O)c1C)C=CC(O)(C(F)(F)F)C2. The number of hydrogen-bond donors (Lipinski definition) is 2. The number of aliphatic hydroxyl groups is 1. The van der Waals surface area contributed by atoms with Gasteiger partial charge in [0.1, 0.15) is 5.75 Å². The molecular weight excluding hydrogens is 245 g/mol. The second-order valence-electron chi connectivity index (χ2n) is 4.67. The third kappa shape index (κ3) is 1.79. The fourth-order valence-corrected chi connectivity index (χ4v) is 2.09. The Morgan fingerprint density at radius 3 is 2.44 bits per heavy atom. The highest BCUT2D eigenvalue weighted by Crippen LogP contribution is 2.41. The van der Waals surface area contributed by atoms with Gasteiger partial charge in [-0.1, -0.05) is 12.1 Å². The molecular formula is C13H13F3O2. The number of benzene rings is 1. The molecule has 1 atom stereocenters. The number of phenolic OH excluding ortho intramolecular Hbond substituents is 1. The monoisotopic (exact) mass is 258 g/mol. The molecule has 0 fully saturated rings. The minimum absolute atomic E-state index is 0.0227. The van der Waals surface area contributed by atoms with Crippen LogP contribution in [0.3, 0.4) is 0 Å². The molecule has 98 valence electrons. The van der Waals surface area contributed by atoms with Crippen molar-refractivity contribution in [3.8, 4) is 5.75 Å². The van der Waals surface area contributed by atoms with Crippen LogP contribution in [0.2, 0.25) is 0 Å². The van der Waals surface area contributed by atoms with E-state index in [1.807, 2.05) is 0 Å². The van der Waals surface area contributed by atoms with Gasteiger partial charge in [0.15, 0.2) is 5.60 Å². The van der Waals surface area contributed by atoms with Gasteiger partial charge in [0.25, 0.3) is 0 Å². The van der Waals surface area contributed by atoms with Gasteiger partial charge in [-0.05, 0) is 36.6 Å². The van der Waals surface area contributed by atoms with Crippen LogP contribution < -0.4 is 0 Å². The van der Waals surface area contributed by atoms with E-state index < -0.39 is 18.2 Å². The Kier molecular flexibility index (Phi) is 2.70. The van der Waals surface area contributed by atoms with Crippen LogP contribution in [-0.2, 0) is 6.42 Å². The standard InChI is InChI=1S/C13H13F3O2/c1-7-5-9-6-12(18,13(14,15)16)4-3-10(9)11(17)8(7)2/h3-5,17-18H,6H2,1-2H3. The van der Waals surface area contributed by atoms with E-state index in [1.165, 1.54) is 0 Å². The van der Waals surface area contributed by atoms with Gasteiger partial charge in [-0.15, -0.1) is 0 Å². The summed E-state index contributed by atoms with van der Waals surface area (Å²) in [6, 6.07) is 1.57. The molecule has 1 unspecified atom stereocenters. The van der Waals surface area contributed by atoms with E-state index in [0.29, 0.717) is 28.3 Å². The van der Waals surface area contributed by atoms with Gasteiger partial charge < -0.3 is 10.2 Å². The van der Waals surface area contributed by atoms with Crippen LogP contribution >= 0.6 is 0 Å². The lowest BCUT2D eigenvalue weighted by atomic mass is 9.83. The molecule has 1 aromatic rings. The van der Waals surface area contributed by atoms with Crippen LogP contribution in [-0.4, -0.2) is 22.0 Å². The third-order valence-corrected chi connectivity index (χ3v) is 3.42. The molecule has 2 nitrogen and oxygen atoms in total. The van der Waals surface area contributed by atoms with E-state index in [2.05, 4.69) is 0 Å². The predicted octanol–water partition coefficient (Wildman–Crippen LogP) is 2.87. The molecule has 0 aliphatic heterocycles. The molecule has 0 radical (unpaired) electrons. The number of aromatic hydroxyl groups is 1. The zero-order chi connectivity index (χ0) is 13.7. The van der Waals surface area contributed by atoms with Gasteiger partial charge >= 0.3 is 6.18 Å². The summed E-state index contributed by atoms with van der Waals surface area (Å²) in [4.78, 5) is 0. The Labute approximate surface area is 102 Å². The fraction of sp³-hybridized carbons (Fsp3) is 0.385. The zero-order valence-corrected chi connectivity index (χ0v) is 9.97. The quantitative estimate of drug-likeness (QED) is 0.751. The lowest BCUT2D eigenvalue weighted by Gasteiger charge is -2.31. The van der Waals surface area contributed by atoms with Crippen molar-refractivity contribution in [2.75, 3.05) is 0 Å². The van der Waals surface area contributed by atoms with E-state index in [-0.39, 0.29) is 5.75 Å². The van der Waals surface area contributed by atoms with Crippen LogP contribution in [0.15, 0.2) is 12.1 Å². The molecule has 0 amide bonds. The lowest BCUT2D eigenvalue weighted by molar-refractivity contribution is -0.239. The lowest BCUT2D eigenvalue weighted by Crippen LogP contribution is -2.46. The molecule has 2 N–H and O–H groups in total. The molecule has 1 aromatic carbocycles. The van der Waals surface area contributed by atoms with Crippen molar-refractivity contribution in [1.82, 2.24) is 0 Å². The highest BCUT2D eigenvalue weighted by atomic mass is 19.4. The molecule has 5 heteroatoms. The Morgan fingerprint density at radius 2 is 1.89 bits per heavy atom. The first kappa shape index (κ1) is 13.0. The van der Waals surface area contributed by atoms with Gasteiger partial charge in [0.05, 0.1) is 0 Å². The molecule has 1 aliphatic rings. The minimum Gasteiger partial charge on any atom is -0.507 e. The van der Waals surface area contributed by atoms with Crippen LogP contribution in [0.1, 0.15) is 22.3 Å². The van der Waals surface area contributed by atoms with Crippen molar-refractivity contribution >= 4 is 6.08 Å². The van der Waals surface area contributed by atoms with E-state index in [1.54, 1.807) is 19.9 Å². The first-order chi connectivity index (χ1) is 8.16. The highest BCUT2D eigenvalue weighted by molar-refractivity contribution is 5.68. The molecule has 0 aromatic heterocycles. The number of alkyl halides is 3. The van der Waals surface area contributed by atoms with Crippen molar-refractivity contribution in [3.63, 3.8) is 0 Å². The molecule has 0 saturated heterocycles. The largest absolute Gasteiger partial charge is 0.507 e. The van der Waals surface area contributed by atoms with Crippen LogP contribution in [0.25, 0.3) is 6.08 Å². The smallest absolute Gasteiger partial charge is 0.421 e. The summed E-state index contributed by atoms with van der Waals surface area (Å²) in [5.41, 5.74) is -0.861. The first-order valence-electron chi connectivity index (χ1n) is 5.46. The van der Waals surface area contributed by atoms with E-state index in [0.717, 1.165) is 6.08 Å². The van der Waals surface area contributed by atoms with Crippen molar-refractivity contribution in [1.29, 1.82) is 0 Å². The van der Waals surface area contributed by atoms with Crippen molar-refractivity contribution < 1.29 is 23.4 Å². The number of fused-ring (bicyclic) bond motifs is 1. The first-order valence-corrected chi connectivity index (χ1v) is 5.46. The normalized spacial score (nSPS) is 23.0.